The summed E-state index contributed by atoms with van der Waals surface area (Å²) in [4.78, 5) is 12.0. The molecule has 0 aliphatic carbocycles. The van der Waals surface area contributed by atoms with Crippen LogP contribution in [0.1, 0.15) is 46.2 Å². The highest BCUT2D eigenvalue weighted by atomic mass is 16.2. The van der Waals surface area contributed by atoms with Crippen LogP contribution in [0.5, 0.6) is 0 Å². The molecule has 1 atom stereocenters. The molecule has 4 heteroatoms. The molecule has 0 bridgehead atoms. The van der Waals surface area contributed by atoms with E-state index in [1.807, 2.05) is 16.8 Å². The third-order valence-corrected chi connectivity index (χ3v) is 3.23. The van der Waals surface area contributed by atoms with Gasteiger partial charge in [0.2, 0.25) is 5.91 Å². The third-order valence-electron chi connectivity index (χ3n) is 3.23. The molecular weight excluding hydrogens is 250 g/mol. The van der Waals surface area contributed by atoms with Crippen molar-refractivity contribution in [1.29, 1.82) is 0 Å². The van der Waals surface area contributed by atoms with Crippen LogP contribution in [0.4, 0.5) is 0 Å². The Hall–Kier alpha value is -1.29. The molecule has 1 amide bonds. The van der Waals surface area contributed by atoms with Crippen LogP contribution in [0.2, 0.25) is 0 Å². The molecule has 2 N–H and O–H groups in total. The maximum absolute atomic E-state index is 12.0. The minimum Gasteiger partial charge on any atom is -0.352 e. The molecule has 1 aromatic rings. The number of carbonyl (C=O) groups is 1. The normalized spacial score (nSPS) is 12.7. The summed E-state index contributed by atoms with van der Waals surface area (Å²) >= 11 is 0. The van der Waals surface area contributed by atoms with Gasteiger partial charge in [0.05, 0.1) is 0 Å². The molecule has 114 valence electrons. The van der Waals surface area contributed by atoms with Gasteiger partial charge in [-0.2, -0.15) is 0 Å². The van der Waals surface area contributed by atoms with E-state index in [1.54, 1.807) is 0 Å². The van der Waals surface area contributed by atoms with E-state index in [9.17, 15) is 4.79 Å². The molecule has 0 aliphatic rings. The summed E-state index contributed by atoms with van der Waals surface area (Å²) in [5.41, 5.74) is 1.16. The quantitative estimate of drug-likeness (QED) is 0.729. The van der Waals surface area contributed by atoms with Crippen LogP contribution < -0.4 is 10.6 Å². The number of aromatic nitrogens is 1. The number of amides is 1. The van der Waals surface area contributed by atoms with Crippen molar-refractivity contribution < 1.29 is 4.79 Å². The predicted molar refractivity (Wildman–Crippen MR) is 83.5 cm³/mol. The number of hydrogen-bond acceptors (Lipinski definition) is 2. The highest BCUT2D eigenvalue weighted by Gasteiger charge is 2.09. The van der Waals surface area contributed by atoms with Crippen LogP contribution in [0.15, 0.2) is 18.3 Å². The van der Waals surface area contributed by atoms with Crippen molar-refractivity contribution in [2.45, 2.75) is 59.7 Å². The Morgan fingerprint density at radius 1 is 1.35 bits per heavy atom. The molecule has 0 aromatic carbocycles. The molecule has 20 heavy (non-hydrogen) atoms. The van der Waals surface area contributed by atoms with E-state index < -0.39 is 0 Å². The zero-order valence-corrected chi connectivity index (χ0v) is 13.3. The van der Waals surface area contributed by atoms with Gasteiger partial charge in [0.15, 0.2) is 0 Å². The van der Waals surface area contributed by atoms with Crippen LogP contribution in [-0.4, -0.2) is 23.1 Å². The lowest BCUT2D eigenvalue weighted by Gasteiger charge is -2.15. The molecule has 0 aliphatic heterocycles. The molecule has 0 saturated carbocycles. The average Bonchev–Trinajstić information content (AvgIpc) is 2.76. The van der Waals surface area contributed by atoms with Crippen LogP contribution >= 0.6 is 0 Å². The second kappa shape index (κ2) is 8.80. The number of rotatable bonds is 9. The van der Waals surface area contributed by atoms with Crippen molar-refractivity contribution in [2.75, 3.05) is 6.54 Å². The standard InChI is InChI=1S/C16H29N3O/c1-5-7-14(4)18-16(20)12-19-9-6-8-15(19)11-17-10-13(2)3/h6,8-9,13-14,17H,5,7,10-12H2,1-4H3,(H,18,20). The fourth-order valence-corrected chi connectivity index (χ4v) is 2.23. The molecule has 0 fully saturated rings. The summed E-state index contributed by atoms with van der Waals surface area (Å²) in [5.74, 6) is 0.726. The van der Waals surface area contributed by atoms with Gasteiger partial charge in [-0.25, -0.2) is 0 Å². The fraction of sp³-hybridized carbons (Fsp3) is 0.688. The van der Waals surface area contributed by atoms with E-state index in [4.69, 9.17) is 0 Å². The monoisotopic (exact) mass is 279 g/mol. The first kappa shape index (κ1) is 16.8. The first-order valence-corrected chi connectivity index (χ1v) is 7.67. The van der Waals surface area contributed by atoms with Crippen LogP contribution in [0.25, 0.3) is 0 Å². The summed E-state index contributed by atoms with van der Waals surface area (Å²) in [6, 6.07) is 4.32. The lowest BCUT2D eigenvalue weighted by Crippen LogP contribution is -2.35. The number of nitrogens with zero attached hydrogens (tertiary/aromatic N) is 1. The topological polar surface area (TPSA) is 46.1 Å². The SMILES string of the molecule is CCCC(C)NC(=O)Cn1cccc1CNCC(C)C. The van der Waals surface area contributed by atoms with Crippen LogP contribution in [-0.2, 0) is 17.9 Å². The summed E-state index contributed by atoms with van der Waals surface area (Å²) in [6.45, 7) is 10.8. The minimum absolute atomic E-state index is 0.0901. The van der Waals surface area contributed by atoms with Crippen molar-refractivity contribution in [3.63, 3.8) is 0 Å². The van der Waals surface area contributed by atoms with Gasteiger partial charge in [-0.05, 0) is 37.9 Å². The van der Waals surface area contributed by atoms with Crippen molar-refractivity contribution in [3.05, 3.63) is 24.0 Å². The highest BCUT2D eigenvalue weighted by molar-refractivity contribution is 5.76. The van der Waals surface area contributed by atoms with Crippen molar-refractivity contribution in [1.82, 2.24) is 15.2 Å². The summed E-state index contributed by atoms with van der Waals surface area (Å²) in [7, 11) is 0. The number of carbonyl (C=O) groups excluding carboxylic acids is 1. The van der Waals surface area contributed by atoms with Crippen LogP contribution in [0, 0.1) is 5.92 Å². The van der Waals surface area contributed by atoms with Gasteiger partial charge in [0.1, 0.15) is 6.54 Å². The van der Waals surface area contributed by atoms with E-state index in [0.29, 0.717) is 12.5 Å². The molecule has 0 spiro atoms. The minimum atomic E-state index is 0.0901. The van der Waals surface area contributed by atoms with E-state index in [1.165, 1.54) is 0 Å². The molecular formula is C16H29N3O. The maximum atomic E-state index is 12.0. The zero-order valence-electron chi connectivity index (χ0n) is 13.3. The smallest absolute Gasteiger partial charge is 0.240 e. The second-order valence-electron chi connectivity index (χ2n) is 5.91. The lowest BCUT2D eigenvalue weighted by molar-refractivity contribution is -0.122. The Bertz CT molecular complexity index is 398. The van der Waals surface area contributed by atoms with Gasteiger partial charge in [-0.3, -0.25) is 4.79 Å². The molecule has 0 saturated heterocycles. The predicted octanol–water partition coefficient (Wildman–Crippen LogP) is 2.54. The molecule has 1 aromatic heterocycles. The van der Waals surface area contributed by atoms with Crippen molar-refractivity contribution in [3.8, 4) is 0 Å². The Morgan fingerprint density at radius 3 is 2.75 bits per heavy atom. The zero-order chi connectivity index (χ0) is 15.0. The van der Waals surface area contributed by atoms with Crippen molar-refractivity contribution >= 4 is 5.91 Å². The van der Waals surface area contributed by atoms with E-state index in [-0.39, 0.29) is 11.9 Å². The molecule has 1 unspecified atom stereocenters. The highest BCUT2D eigenvalue weighted by Crippen LogP contribution is 2.03. The van der Waals surface area contributed by atoms with Gasteiger partial charge in [-0.1, -0.05) is 27.2 Å². The fourth-order valence-electron chi connectivity index (χ4n) is 2.23. The first-order chi connectivity index (χ1) is 9.52. The number of nitrogens with one attached hydrogen (secondary N) is 2. The lowest BCUT2D eigenvalue weighted by atomic mass is 10.2. The van der Waals surface area contributed by atoms with E-state index in [2.05, 4.69) is 44.4 Å². The molecule has 4 nitrogen and oxygen atoms in total. The molecule has 1 rings (SSSR count). The third kappa shape index (κ3) is 6.24. The van der Waals surface area contributed by atoms with E-state index >= 15 is 0 Å². The van der Waals surface area contributed by atoms with Gasteiger partial charge < -0.3 is 15.2 Å². The largest absolute Gasteiger partial charge is 0.352 e. The summed E-state index contributed by atoms with van der Waals surface area (Å²) < 4.78 is 2.02. The molecule has 0 radical (unpaired) electrons. The van der Waals surface area contributed by atoms with Gasteiger partial charge in [0, 0.05) is 24.5 Å². The Balaban J connectivity index is 2.43. The number of hydrogen-bond donors (Lipinski definition) is 2. The van der Waals surface area contributed by atoms with Gasteiger partial charge in [-0.15, -0.1) is 0 Å². The Labute approximate surface area is 122 Å². The van der Waals surface area contributed by atoms with Crippen LogP contribution in [0.3, 0.4) is 0 Å². The van der Waals surface area contributed by atoms with Crippen molar-refractivity contribution in [2.24, 2.45) is 5.92 Å². The van der Waals surface area contributed by atoms with Gasteiger partial charge >= 0.3 is 0 Å². The average molecular weight is 279 g/mol. The maximum Gasteiger partial charge on any atom is 0.240 e. The first-order valence-electron chi connectivity index (χ1n) is 7.67. The summed E-state index contributed by atoms with van der Waals surface area (Å²) in [5, 5.41) is 6.45. The summed E-state index contributed by atoms with van der Waals surface area (Å²) in [6.07, 6.45) is 4.09. The van der Waals surface area contributed by atoms with E-state index in [0.717, 1.165) is 31.6 Å². The molecule has 1 heterocycles. The Morgan fingerprint density at radius 2 is 2.10 bits per heavy atom. The van der Waals surface area contributed by atoms with Gasteiger partial charge in [0.25, 0.3) is 0 Å². The Kier molecular flexibility index (Phi) is 7.37. The second-order valence-corrected chi connectivity index (χ2v) is 5.91.